The molecular weight excluding hydrogens is 296 g/mol. The van der Waals surface area contributed by atoms with E-state index in [-0.39, 0.29) is 10.8 Å². The minimum atomic E-state index is -3.78. The van der Waals surface area contributed by atoms with Crippen LogP contribution in [0.1, 0.15) is 22.2 Å². The molecule has 0 fully saturated rings. The summed E-state index contributed by atoms with van der Waals surface area (Å²) in [6.45, 7) is 1.97. The molecule has 3 N–H and O–H groups in total. The van der Waals surface area contributed by atoms with E-state index < -0.39 is 10.0 Å². The van der Waals surface area contributed by atoms with E-state index >= 15 is 0 Å². The van der Waals surface area contributed by atoms with Gasteiger partial charge in [0, 0.05) is 5.69 Å². The molecule has 1 heterocycles. The molecule has 0 bridgehead atoms. The van der Waals surface area contributed by atoms with Crippen LogP contribution in [0.25, 0.3) is 0 Å². The zero-order valence-corrected chi connectivity index (χ0v) is 12.4. The molecule has 0 atom stereocenters. The Morgan fingerprint density at radius 3 is 2.75 bits per heavy atom. The van der Waals surface area contributed by atoms with E-state index in [1.165, 1.54) is 29.5 Å². The van der Waals surface area contributed by atoms with E-state index in [1.807, 2.05) is 18.4 Å². The predicted molar refractivity (Wildman–Crippen MR) is 79.5 cm³/mol. The Hall–Kier alpha value is -1.70. The lowest BCUT2D eigenvalue weighted by Crippen LogP contribution is -2.14. The van der Waals surface area contributed by atoms with Gasteiger partial charge in [0.2, 0.25) is 10.0 Å². The largest absolute Gasteiger partial charge is 0.321 e. The Bertz CT molecular complexity index is 736. The molecule has 1 aromatic carbocycles. The molecule has 5 nitrogen and oxygen atoms in total. The zero-order chi connectivity index (χ0) is 14.8. The molecule has 0 radical (unpaired) electrons. The van der Waals surface area contributed by atoms with Crippen LogP contribution in [0, 0.1) is 0 Å². The van der Waals surface area contributed by atoms with Gasteiger partial charge in [-0.05, 0) is 41.6 Å². The van der Waals surface area contributed by atoms with Gasteiger partial charge < -0.3 is 5.32 Å². The topological polar surface area (TPSA) is 89.3 Å². The first-order valence-electron chi connectivity index (χ1n) is 5.92. The summed E-state index contributed by atoms with van der Waals surface area (Å²) in [4.78, 5) is 12.7. The van der Waals surface area contributed by atoms with Gasteiger partial charge >= 0.3 is 0 Å². The fraction of sp³-hybridized carbons (Fsp3) is 0.154. The van der Waals surface area contributed by atoms with Gasteiger partial charge in [0.15, 0.2) is 0 Å². The number of hydrogen-bond acceptors (Lipinski definition) is 4. The molecule has 0 aliphatic carbocycles. The maximum Gasteiger partial charge on any atom is 0.266 e. The third kappa shape index (κ3) is 3.24. The Labute approximate surface area is 121 Å². The molecule has 0 saturated heterocycles. The molecule has 1 amide bonds. The van der Waals surface area contributed by atoms with Crippen molar-refractivity contribution in [3.63, 3.8) is 0 Å². The van der Waals surface area contributed by atoms with Gasteiger partial charge in [0.1, 0.15) is 0 Å². The number of carbonyl (C=O) groups excluding carboxylic acids is 1. The highest BCUT2D eigenvalue weighted by Crippen LogP contribution is 2.20. The van der Waals surface area contributed by atoms with Gasteiger partial charge in [0.25, 0.3) is 5.91 Å². The van der Waals surface area contributed by atoms with Crippen molar-refractivity contribution in [2.45, 2.75) is 18.2 Å². The number of benzene rings is 1. The molecule has 0 aliphatic heterocycles. The van der Waals surface area contributed by atoms with Crippen molar-refractivity contribution in [2.75, 3.05) is 5.32 Å². The van der Waals surface area contributed by atoms with Crippen LogP contribution in [0.3, 0.4) is 0 Å². The van der Waals surface area contributed by atoms with Gasteiger partial charge in [-0.2, -0.15) is 0 Å². The van der Waals surface area contributed by atoms with Gasteiger partial charge in [-0.15, -0.1) is 11.3 Å². The normalized spacial score (nSPS) is 11.3. The summed E-state index contributed by atoms with van der Waals surface area (Å²) in [5, 5.41) is 9.60. The first kappa shape index (κ1) is 14.7. The van der Waals surface area contributed by atoms with Gasteiger partial charge in [-0.25, -0.2) is 13.6 Å². The van der Waals surface area contributed by atoms with Crippen LogP contribution in [0.15, 0.2) is 40.6 Å². The van der Waals surface area contributed by atoms with Crippen molar-refractivity contribution in [1.82, 2.24) is 0 Å². The Morgan fingerprint density at radius 2 is 2.10 bits per heavy atom. The number of nitrogens with two attached hydrogens (primary N) is 1. The number of anilines is 1. The Balaban J connectivity index is 2.25. The summed E-state index contributed by atoms with van der Waals surface area (Å²) in [7, 11) is -3.78. The fourth-order valence-electron chi connectivity index (χ4n) is 1.75. The molecule has 0 saturated carbocycles. The van der Waals surface area contributed by atoms with E-state index in [0.29, 0.717) is 10.6 Å². The maximum atomic E-state index is 12.1. The number of primary sulfonamides is 1. The van der Waals surface area contributed by atoms with Crippen molar-refractivity contribution < 1.29 is 13.2 Å². The minimum absolute atomic E-state index is 0.0304. The monoisotopic (exact) mass is 310 g/mol. The number of nitrogens with one attached hydrogen (secondary N) is 1. The van der Waals surface area contributed by atoms with E-state index in [0.717, 1.165) is 12.0 Å². The molecule has 1 aromatic heterocycles. The van der Waals surface area contributed by atoms with E-state index in [9.17, 15) is 13.2 Å². The Kier molecular flexibility index (Phi) is 4.22. The highest BCUT2D eigenvalue weighted by molar-refractivity contribution is 7.89. The van der Waals surface area contributed by atoms with Crippen LogP contribution in [-0.4, -0.2) is 14.3 Å². The third-order valence-corrected chi connectivity index (χ3v) is 4.62. The first-order valence-corrected chi connectivity index (χ1v) is 8.35. The standard InChI is InChI=1S/C13H14N2O3S2/c1-2-9-6-7-19-12(9)13(16)15-10-4-3-5-11(8-10)20(14,17)18/h3-8H,2H2,1H3,(H,15,16)(H2,14,17,18). The lowest BCUT2D eigenvalue weighted by molar-refractivity contribution is 0.102. The average molecular weight is 310 g/mol. The number of rotatable bonds is 4. The van der Waals surface area contributed by atoms with E-state index in [4.69, 9.17) is 5.14 Å². The van der Waals surface area contributed by atoms with Crippen LogP contribution in [0.5, 0.6) is 0 Å². The maximum absolute atomic E-state index is 12.1. The minimum Gasteiger partial charge on any atom is -0.321 e. The quantitative estimate of drug-likeness (QED) is 0.907. The number of carbonyl (C=O) groups is 1. The van der Waals surface area contributed by atoms with Crippen LogP contribution < -0.4 is 10.5 Å². The second-order valence-corrected chi connectivity index (χ2v) is 6.63. The second kappa shape index (κ2) is 5.74. The molecule has 0 unspecified atom stereocenters. The number of hydrogen-bond donors (Lipinski definition) is 2. The summed E-state index contributed by atoms with van der Waals surface area (Å²) in [6.07, 6.45) is 0.767. The summed E-state index contributed by atoms with van der Waals surface area (Å²) in [5.74, 6) is -0.247. The first-order chi connectivity index (χ1) is 9.41. The van der Waals surface area contributed by atoms with Gasteiger partial charge in [-0.3, -0.25) is 4.79 Å². The second-order valence-electron chi connectivity index (χ2n) is 4.16. The van der Waals surface area contributed by atoms with Crippen molar-refractivity contribution >= 4 is 33.0 Å². The summed E-state index contributed by atoms with van der Waals surface area (Å²) >= 11 is 1.36. The van der Waals surface area contributed by atoms with E-state index in [1.54, 1.807) is 6.07 Å². The van der Waals surface area contributed by atoms with Crippen molar-refractivity contribution in [3.05, 3.63) is 46.2 Å². The number of thiophene rings is 1. The highest BCUT2D eigenvalue weighted by Gasteiger charge is 2.13. The van der Waals surface area contributed by atoms with Crippen LogP contribution in [-0.2, 0) is 16.4 Å². The molecule has 2 aromatic rings. The Morgan fingerprint density at radius 1 is 1.35 bits per heavy atom. The van der Waals surface area contributed by atoms with Crippen molar-refractivity contribution in [3.8, 4) is 0 Å². The van der Waals surface area contributed by atoms with Gasteiger partial charge in [-0.1, -0.05) is 13.0 Å². The van der Waals surface area contributed by atoms with Gasteiger partial charge in [0.05, 0.1) is 9.77 Å². The average Bonchev–Trinajstić information content (AvgIpc) is 2.86. The number of amides is 1. The molecule has 20 heavy (non-hydrogen) atoms. The fourth-order valence-corrected chi connectivity index (χ4v) is 3.20. The number of sulfonamides is 1. The summed E-state index contributed by atoms with van der Waals surface area (Å²) < 4.78 is 22.5. The predicted octanol–water partition coefficient (Wildman–Crippen LogP) is 2.21. The molecule has 2 rings (SSSR count). The number of aryl methyl sites for hydroxylation is 1. The van der Waals surface area contributed by atoms with Crippen LogP contribution >= 0.6 is 11.3 Å². The smallest absolute Gasteiger partial charge is 0.266 e. The lowest BCUT2D eigenvalue weighted by atomic mass is 10.2. The summed E-state index contributed by atoms with van der Waals surface area (Å²) in [5.41, 5.74) is 1.37. The highest BCUT2D eigenvalue weighted by atomic mass is 32.2. The zero-order valence-electron chi connectivity index (χ0n) is 10.8. The molecule has 0 aliphatic rings. The molecule has 7 heteroatoms. The molecular formula is C13H14N2O3S2. The van der Waals surface area contributed by atoms with Crippen LogP contribution in [0.4, 0.5) is 5.69 Å². The molecule has 106 valence electrons. The lowest BCUT2D eigenvalue weighted by Gasteiger charge is -2.06. The third-order valence-electron chi connectivity index (χ3n) is 2.75. The van der Waals surface area contributed by atoms with E-state index in [2.05, 4.69) is 5.32 Å². The SMILES string of the molecule is CCc1ccsc1C(=O)Nc1cccc(S(N)(=O)=O)c1. The van der Waals surface area contributed by atoms with Crippen molar-refractivity contribution in [2.24, 2.45) is 5.14 Å². The molecule has 0 spiro atoms. The summed E-state index contributed by atoms with van der Waals surface area (Å²) in [6, 6.07) is 7.77. The van der Waals surface area contributed by atoms with Crippen molar-refractivity contribution in [1.29, 1.82) is 0 Å². The van der Waals surface area contributed by atoms with Crippen LogP contribution in [0.2, 0.25) is 0 Å².